The van der Waals surface area contributed by atoms with Gasteiger partial charge in [-0.15, -0.1) is 0 Å². The SMILES string of the molecule is CCc1cn(CC(C)N)c(CC)n1. The van der Waals surface area contributed by atoms with Gasteiger partial charge in [0.2, 0.25) is 0 Å². The van der Waals surface area contributed by atoms with Crippen LogP contribution in [0, 0.1) is 0 Å². The van der Waals surface area contributed by atoms with Crippen molar-refractivity contribution < 1.29 is 0 Å². The molecule has 1 aromatic rings. The predicted octanol–water partition coefficient (Wildman–Crippen LogP) is 1.36. The first kappa shape index (κ1) is 10.3. The molecular weight excluding hydrogens is 162 g/mol. The minimum absolute atomic E-state index is 0.198. The number of nitrogens with zero attached hydrogens (tertiary/aromatic N) is 2. The van der Waals surface area contributed by atoms with E-state index in [9.17, 15) is 0 Å². The number of nitrogens with two attached hydrogens (primary N) is 1. The highest BCUT2D eigenvalue weighted by molar-refractivity contribution is 5.04. The normalized spacial score (nSPS) is 13.2. The Balaban J connectivity index is 2.84. The lowest BCUT2D eigenvalue weighted by Gasteiger charge is -2.08. The third kappa shape index (κ3) is 2.56. The lowest BCUT2D eigenvalue weighted by atomic mass is 10.3. The average molecular weight is 181 g/mol. The summed E-state index contributed by atoms with van der Waals surface area (Å²) in [6.45, 7) is 7.14. The van der Waals surface area contributed by atoms with E-state index in [1.807, 2.05) is 6.92 Å². The monoisotopic (exact) mass is 181 g/mol. The van der Waals surface area contributed by atoms with Crippen LogP contribution in [-0.4, -0.2) is 15.6 Å². The average Bonchev–Trinajstić information content (AvgIpc) is 2.46. The van der Waals surface area contributed by atoms with Crippen LogP contribution in [0.1, 0.15) is 32.3 Å². The lowest BCUT2D eigenvalue weighted by Crippen LogP contribution is -2.22. The molecule has 3 heteroatoms. The summed E-state index contributed by atoms with van der Waals surface area (Å²) in [5, 5.41) is 0. The van der Waals surface area contributed by atoms with Crippen molar-refractivity contribution in [2.75, 3.05) is 0 Å². The standard InChI is InChI=1S/C10H19N3/c1-4-9-7-13(6-8(3)11)10(5-2)12-9/h7-8H,4-6,11H2,1-3H3. The zero-order valence-corrected chi connectivity index (χ0v) is 8.75. The maximum Gasteiger partial charge on any atom is 0.108 e. The molecule has 1 unspecified atom stereocenters. The molecule has 0 aromatic carbocycles. The molecule has 0 aliphatic rings. The Hall–Kier alpha value is -0.830. The van der Waals surface area contributed by atoms with Crippen molar-refractivity contribution in [2.45, 2.75) is 46.2 Å². The Morgan fingerprint density at radius 1 is 1.46 bits per heavy atom. The molecule has 0 aliphatic carbocycles. The zero-order chi connectivity index (χ0) is 9.84. The van der Waals surface area contributed by atoms with Crippen LogP contribution in [-0.2, 0) is 19.4 Å². The quantitative estimate of drug-likeness (QED) is 0.762. The Morgan fingerprint density at radius 3 is 2.62 bits per heavy atom. The Labute approximate surface area is 80.0 Å². The fourth-order valence-electron chi connectivity index (χ4n) is 1.43. The van der Waals surface area contributed by atoms with Gasteiger partial charge in [-0.2, -0.15) is 0 Å². The first-order chi connectivity index (χ1) is 6.17. The Bertz CT molecular complexity index is 263. The smallest absolute Gasteiger partial charge is 0.108 e. The van der Waals surface area contributed by atoms with Crippen molar-refractivity contribution in [3.8, 4) is 0 Å². The summed E-state index contributed by atoms with van der Waals surface area (Å²) < 4.78 is 2.17. The molecular formula is C10H19N3. The van der Waals surface area contributed by atoms with Gasteiger partial charge in [-0.25, -0.2) is 4.98 Å². The second-order valence-corrected chi connectivity index (χ2v) is 3.49. The molecule has 0 radical (unpaired) electrons. The molecule has 0 bridgehead atoms. The first-order valence-electron chi connectivity index (χ1n) is 4.97. The molecule has 0 fully saturated rings. The summed E-state index contributed by atoms with van der Waals surface area (Å²) in [4.78, 5) is 4.51. The summed E-state index contributed by atoms with van der Waals surface area (Å²) in [7, 11) is 0. The lowest BCUT2D eigenvalue weighted by molar-refractivity contribution is 0.569. The van der Waals surface area contributed by atoms with E-state index in [1.165, 1.54) is 0 Å². The van der Waals surface area contributed by atoms with Gasteiger partial charge < -0.3 is 10.3 Å². The van der Waals surface area contributed by atoms with Gasteiger partial charge in [0, 0.05) is 25.2 Å². The maximum atomic E-state index is 5.75. The molecule has 1 aromatic heterocycles. The Kier molecular flexibility index (Phi) is 3.48. The van der Waals surface area contributed by atoms with E-state index < -0.39 is 0 Å². The van der Waals surface area contributed by atoms with Gasteiger partial charge in [-0.05, 0) is 13.3 Å². The van der Waals surface area contributed by atoms with Gasteiger partial charge in [0.25, 0.3) is 0 Å². The summed E-state index contributed by atoms with van der Waals surface area (Å²) in [5.74, 6) is 1.15. The molecule has 1 rings (SSSR count). The van der Waals surface area contributed by atoms with Gasteiger partial charge in [-0.1, -0.05) is 13.8 Å². The fraction of sp³-hybridized carbons (Fsp3) is 0.700. The van der Waals surface area contributed by atoms with Crippen LogP contribution >= 0.6 is 0 Å². The van der Waals surface area contributed by atoms with E-state index in [1.54, 1.807) is 0 Å². The summed E-state index contributed by atoms with van der Waals surface area (Å²) in [5.41, 5.74) is 6.91. The number of rotatable bonds is 4. The second-order valence-electron chi connectivity index (χ2n) is 3.49. The highest BCUT2D eigenvalue weighted by atomic mass is 15.1. The van der Waals surface area contributed by atoms with E-state index in [-0.39, 0.29) is 6.04 Å². The molecule has 0 aliphatic heterocycles. The van der Waals surface area contributed by atoms with E-state index in [2.05, 4.69) is 29.6 Å². The molecule has 0 spiro atoms. The number of hydrogen-bond donors (Lipinski definition) is 1. The molecule has 13 heavy (non-hydrogen) atoms. The van der Waals surface area contributed by atoms with Crippen LogP contribution in [0.3, 0.4) is 0 Å². The molecule has 1 atom stereocenters. The van der Waals surface area contributed by atoms with Crippen LogP contribution < -0.4 is 5.73 Å². The van der Waals surface area contributed by atoms with E-state index in [0.717, 1.165) is 30.9 Å². The topological polar surface area (TPSA) is 43.8 Å². The molecule has 2 N–H and O–H groups in total. The van der Waals surface area contributed by atoms with Crippen LogP contribution in [0.4, 0.5) is 0 Å². The molecule has 0 saturated carbocycles. The van der Waals surface area contributed by atoms with Crippen molar-refractivity contribution in [2.24, 2.45) is 5.73 Å². The van der Waals surface area contributed by atoms with Gasteiger partial charge in [0.05, 0.1) is 5.69 Å². The van der Waals surface area contributed by atoms with Gasteiger partial charge in [-0.3, -0.25) is 0 Å². The second kappa shape index (κ2) is 4.42. The zero-order valence-electron chi connectivity index (χ0n) is 8.75. The molecule has 0 saturated heterocycles. The Morgan fingerprint density at radius 2 is 2.15 bits per heavy atom. The highest BCUT2D eigenvalue weighted by Gasteiger charge is 2.05. The first-order valence-corrected chi connectivity index (χ1v) is 4.97. The third-order valence-electron chi connectivity index (χ3n) is 2.07. The minimum Gasteiger partial charge on any atom is -0.333 e. The molecule has 0 amide bonds. The number of aryl methyl sites for hydroxylation is 2. The molecule has 74 valence electrons. The van der Waals surface area contributed by atoms with Crippen LogP contribution in [0.15, 0.2) is 6.20 Å². The van der Waals surface area contributed by atoms with E-state index in [0.29, 0.717) is 0 Å². The van der Waals surface area contributed by atoms with Crippen molar-refractivity contribution in [1.82, 2.24) is 9.55 Å². The minimum atomic E-state index is 0.198. The van der Waals surface area contributed by atoms with Gasteiger partial charge in [0.15, 0.2) is 0 Å². The maximum absolute atomic E-state index is 5.75. The summed E-state index contributed by atoms with van der Waals surface area (Å²) in [6.07, 6.45) is 4.09. The number of imidazole rings is 1. The van der Waals surface area contributed by atoms with Gasteiger partial charge in [0.1, 0.15) is 5.82 Å². The van der Waals surface area contributed by atoms with Crippen molar-refractivity contribution in [1.29, 1.82) is 0 Å². The fourth-order valence-corrected chi connectivity index (χ4v) is 1.43. The van der Waals surface area contributed by atoms with Crippen LogP contribution in [0.25, 0.3) is 0 Å². The molecule has 1 heterocycles. The molecule has 3 nitrogen and oxygen atoms in total. The highest BCUT2D eigenvalue weighted by Crippen LogP contribution is 2.05. The largest absolute Gasteiger partial charge is 0.333 e. The van der Waals surface area contributed by atoms with Crippen LogP contribution in [0.2, 0.25) is 0 Å². The van der Waals surface area contributed by atoms with Crippen molar-refractivity contribution in [3.05, 3.63) is 17.7 Å². The van der Waals surface area contributed by atoms with Gasteiger partial charge >= 0.3 is 0 Å². The van der Waals surface area contributed by atoms with E-state index in [4.69, 9.17) is 5.73 Å². The third-order valence-corrected chi connectivity index (χ3v) is 2.07. The summed E-state index contributed by atoms with van der Waals surface area (Å²) in [6, 6.07) is 0.198. The van der Waals surface area contributed by atoms with Crippen molar-refractivity contribution in [3.63, 3.8) is 0 Å². The summed E-state index contributed by atoms with van der Waals surface area (Å²) >= 11 is 0. The van der Waals surface area contributed by atoms with Crippen molar-refractivity contribution >= 4 is 0 Å². The predicted molar refractivity (Wildman–Crippen MR) is 54.6 cm³/mol. The number of aromatic nitrogens is 2. The number of hydrogen-bond acceptors (Lipinski definition) is 2. The van der Waals surface area contributed by atoms with E-state index >= 15 is 0 Å². The van der Waals surface area contributed by atoms with Crippen LogP contribution in [0.5, 0.6) is 0 Å².